The van der Waals surface area contributed by atoms with Gasteiger partial charge in [0.1, 0.15) is 11.5 Å². The molecule has 0 aliphatic heterocycles. The molecule has 0 radical (unpaired) electrons. The van der Waals surface area contributed by atoms with Crippen molar-refractivity contribution in [3.05, 3.63) is 41.1 Å². The Hall–Kier alpha value is -1.32. The number of rotatable bonds is 4. The van der Waals surface area contributed by atoms with E-state index in [1.54, 1.807) is 0 Å². The van der Waals surface area contributed by atoms with E-state index in [4.69, 9.17) is 21.9 Å². The Kier molecular flexibility index (Phi) is 3.73. The highest BCUT2D eigenvalue weighted by Crippen LogP contribution is 2.25. The van der Waals surface area contributed by atoms with Crippen molar-refractivity contribution in [2.75, 3.05) is 6.54 Å². The van der Waals surface area contributed by atoms with Crippen molar-refractivity contribution in [2.24, 2.45) is 11.1 Å². The molecule has 0 atom stereocenters. The third-order valence-electron chi connectivity index (χ3n) is 2.90. The molecule has 2 rings (SSSR count). The van der Waals surface area contributed by atoms with Crippen LogP contribution >= 0.6 is 11.6 Å². The van der Waals surface area contributed by atoms with Gasteiger partial charge in [-0.3, -0.25) is 0 Å². The highest BCUT2D eigenvalue weighted by Gasteiger charge is 2.19. The van der Waals surface area contributed by atoms with Crippen molar-refractivity contribution in [1.82, 2.24) is 5.16 Å². The van der Waals surface area contributed by atoms with E-state index in [1.165, 1.54) is 0 Å². The summed E-state index contributed by atoms with van der Waals surface area (Å²) in [7, 11) is 0. The molecule has 0 amide bonds. The van der Waals surface area contributed by atoms with Crippen LogP contribution in [0.5, 0.6) is 0 Å². The summed E-state index contributed by atoms with van der Waals surface area (Å²) in [4.78, 5) is 0. The van der Waals surface area contributed by atoms with E-state index in [0.29, 0.717) is 11.6 Å². The lowest BCUT2D eigenvalue weighted by Gasteiger charge is -2.19. The molecule has 1 heterocycles. The van der Waals surface area contributed by atoms with Crippen LogP contribution in [0, 0.1) is 5.41 Å². The first-order valence-corrected chi connectivity index (χ1v) is 6.29. The maximum absolute atomic E-state index is 5.85. The molecule has 0 spiro atoms. The van der Waals surface area contributed by atoms with Gasteiger partial charge in [-0.25, -0.2) is 0 Å². The largest absolute Gasteiger partial charge is 0.361 e. The fourth-order valence-corrected chi connectivity index (χ4v) is 1.82. The average molecular weight is 265 g/mol. The number of halogens is 1. The molecule has 1 aromatic heterocycles. The molecule has 0 aliphatic rings. The summed E-state index contributed by atoms with van der Waals surface area (Å²) >= 11 is 5.85. The van der Waals surface area contributed by atoms with Gasteiger partial charge in [0.05, 0.1) is 0 Å². The van der Waals surface area contributed by atoms with Crippen molar-refractivity contribution in [3.8, 4) is 11.3 Å². The lowest BCUT2D eigenvalue weighted by atomic mass is 9.88. The van der Waals surface area contributed by atoms with Gasteiger partial charge in [0.2, 0.25) is 0 Å². The van der Waals surface area contributed by atoms with Crippen LogP contribution in [0.3, 0.4) is 0 Å². The van der Waals surface area contributed by atoms with E-state index < -0.39 is 0 Å². The van der Waals surface area contributed by atoms with Crippen molar-refractivity contribution in [3.63, 3.8) is 0 Å². The first kappa shape index (κ1) is 13.1. The van der Waals surface area contributed by atoms with Crippen LogP contribution in [0.15, 0.2) is 34.9 Å². The molecule has 1 aromatic carbocycles. The van der Waals surface area contributed by atoms with Gasteiger partial charge < -0.3 is 10.3 Å². The Morgan fingerprint density at radius 2 is 1.94 bits per heavy atom. The van der Waals surface area contributed by atoms with Crippen molar-refractivity contribution < 1.29 is 4.52 Å². The van der Waals surface area contributed by atoms with Crippen molar-refractivity contribution in [2.45, 2.75) is 20.3 Å². The average Bonchev–Trinajstić information content (AvgIpc) is 2.78. The molecule has 0 fully saturated rings. The molecule has 18 heavy (non-hydrogen) atoms. The lowest BCUT2D eigenvalue weighted by Crippen LogP contribution is -2.25. The zero-order valence-corrected chi connectivity index (χ0v) is 11.4. The van der Waals surface area contributed by atoms with Crippen molar-refractivity contribution >= 4 is 11.6 Å². The summed E-state index contributed by atoms with van der Waals surface area (Å²) in [6, 6.07) is 9.50. The van der Waals surface area contributed by atoms with Crippen LogP contribution in [-0.2, 0) is 6.42 Å². The molecule has 0 saturated heterocycles. The fraction of sp³-hybridized carbons (Fsp3) is 0.357. The summed E-state index contributed by atoms with van der Waals surface area (Å²) in [5.41, 5.74) is 7.56. The molecule has 0 aliphatic carbocycles. The third kappa shape index (κ3) is 3.12. The Morgan fingerprint density at radius 3 is 2.56 bits per heavy atom. The van der Waals surface area contributed by atoms with Gasteiger partial charge in [-0.1, -0.05) is 42.7 Å². The van der Waals surface area contributed by atoms with Crippen LogP contribution < -0.4 is 5.73 Å². The molecule has 2 N–H and O–H groups in total. The molecular formula is C14H17ClN2O. The summed E-state index contributed by atoms with van der Waals surface area (Å²) in [5, 5.41) is 4.79. The molecule has 4 heteroatoms. The van der Waals surface area contributed by atoms with Gasteiger partial charge in [-0.05, 0) is 24.1 Å². The zero-order chi connectivity index (χ0) is 13.2. The van der Waals surface area contributed by atoms with Gasteiger partial charge in [-0.2, -0.15) is 0 Å². The number of nitrogens with zero attached hydrogens (tertiary/aromatic N) is 1. The summed E-state index contributed by atoms with van der Waals surface area (Å²) < 4.78 is 5.35. The van der Waals surface area contributed by atoms with Gasteiger partial charge in [0, 0.05) is 23.1 Å². The van der Waals surface area contributed by atoms with E-state index in [-0.39, 0.29) is 5.41 Å². The van der Waals surface area contributed by atoms with Crippen LogP contribution in [0.4, 0.5) is 0 Å². The van der Waals surface area contributed by atoms with Crippen LogP contribution in [0.1, 0.15) is 19.6 Å². The predicted molar refractivity (Wildman–Crippen MR) is 73.5 cm³/mol. The number of hydrogen-bond donors (Lipinski definition) is 1. The van der Waals surface area contributed by atoms with Gasteiger partial charge in [0.25, 0.3) is 0 Å². The van der Waals surface area contributed by atoms with Crippen molar-refractivity contribution in [1.29, 1.82) is 0 Å². The zero-order valence-electron chi connectivity index (χ0n) is 10.6. The Bertz CT molecular complexity index is 517. The predicted octanol–water partition coefficient (Wildman–Crippen LogP) is 3.52. The third-order valence-corrected chi connectivity index (χ3v) is 3.16. The standard InChI is InChI=1S/C14H17ClN2O/c1-14(2,9-16)8-12-7-13(17-18-12)10-3-5-11(15)6-4-10/h3-7H,8-9,16H2,1-2H3. The Balaban J connectivity index is 2.18. The minimum absolute atomic E-state index is 0.0246. The van der Waals surface area contributed by atoms with E-state index in [1.807, 2.05) is 30.3 Å². The minimum atomic E-state index is 0.0246. The van der Waals surface area contributed by atoms with Gasteiger partial charge in [0.15, 0.2) is 0 Å². The molecule has 3 nitrogen and oxygen atoms in total. The molecule has 0 bridgehead atoms. The van der Waals surface area contributed by atoms with E-state index >= 15 is 0 Å². The highest BCUT2D eigenvalue weighted by molar-refractivity contribution is 6.30. The number of benzene rings is 1. The van der Waals surface area contributed by atoms with Crippen LogP contribution in [-0.4, -0.2) is 11.7 Å². The highest BCUT2D eigenvalue weighted by atomic mass is 35.5. The van der Waals surface area contributed by atoms with Gasteiger partial charge >= 0.3 is 0 Å². The quantitative estimate of drug-likeness (QED) is 0.919. The molecular weight excluding hydrogens is 248 g/mol. The number of nitrogens with two attached hydrogens (primary N) is 1. The maximum Gasteiger partial charge on any atom is 0.137 e. The topological polar surface area (TPSA) is 52.0 Å². The molecule has 96 valence electrons. The second-order valence-corrected chi connectivity index (χ2v) is 5.67. The number of hydrogen-bond acceptors (Lipinski definition) is 3. The first-order valence-electron chi connectivity index (χ1n) is 5.92. The van der Waals surface area contributed by atoms with E-state index in [2.05, 4.69) is 19.0 Å². The molecule has 2 aromatic rings. The Morgan fingerprint density at radius 1 is 1.28 bits per heavy atom. The maximum atomic E-state index is 5.85. The van der Waals surface area contributed by atoms with Gasteiger partial charge in [-0.15, -0.1) is 0 Å². The van der Waals surface area contributed by atoms with E-state index in [9.17, 15) is 0 Å². The second-order valence-electron chi connectivity index (χ2n) is 5.23. The molecule has 0 saturated carbocycles. The fourth-order valence-electron chi connectivity index (χ4n) is 1.70. The summed E-state index contributed by atoms with van der Waals surface area (Å²) in [6.45, 7) is 4.83. The number of aromatic nitrogens is 1. The van der Waals surface area contributed by atoms with Crippen LogP contribution in [0.25, 0.3) is 11.3 Å². The second kappa shape index (κ2) is 5.12. The monoisotopic (exact) mass is 264 g/mol. The smallest absolute Gasteiger partial charge is 0.137 e. The summed E-state index contributed by atoms with van der Waals surface area (Å²) in [6.07, 6.45) is 0.782. The molecule has 0 unspecified atom stereocenters. The SMILES string of the molecule is CC(C)(CN)Cc1cc(-c2ccc(Cl)cc2)no1. The lowest BCUT2D eigenvalue weighted by molar-refractivity contribution is 0.307. The van der Waals surface area contributed by atoms with Crippen LogP contribution in [0.2, 0.25) is 5.02 Å². The van der Waals surface area contributed by atoms with E-state index in [0.717, 1.165) is 23.4 Å². The summed E-state index contributed by atoms with van der Waals surface area (Å²) in [5.74, 6) is 0.857. The minimum Gasteiger partial charge on any atom is -0.361 e. The first-order chi connectivity index (χ1) is 8.50. The normalized spacial score (nSPS) is 11.8. The Labute approximate surface area is 112 Å².